The van der Waals surface area contributed by atoms with E-state index < -0.39 is 23.4 Å². The Morgan fingerprint density at radius 2 is 1.85 bits per heavy atom. The first-order valence-corrected chi connectivity index (χ1v) is 10.5. The van der Waals surface area contributed by atoms with Crippen LogP contribution in [0.4, 0.5) is 4.79 Å². The first-order chi connectivity index (χ1) is 15.8. The van der Waals surface area contributed by atoms with Gasteiger partial charge in [0.2, 0.25) is 5.91 Å². The van der Waals surface area contributed by atoms with Crippen molar-refractivity contribution >= 4 is 17.8 Å². The Labute approximate surface area is 191 Å². The molecule has 4 rings (SSSR count). The van der Waals surface area contributed by atoms with Gasteiger partial charge in [0.15, 0.2) is 0 Å². The second kappa shape index (κ2) is 8.78. The standard InChI is InChI=1S/C24H25N5O4/c1-16(17-4-8-19(9-5-17)28-13-12-25-15-28)26-21(30)14-29-22(31)24(2,27-23(29)32)18-6-10-20(33-3)11-7-18/h4-13,15-16H,14H2,1-3H3,(H,26,30)(H,27,32)/t16-,24+/m1/s1. The second-order valence-corrected chi connectivity index (χ2v) is 8.03. The number of urea groups is 1. The van der Waals surface area contributed by atoms with E-state index in [9.17, 15) is 14.4 Å². The molecule has 0 spiro atoms. The molecule has 4 amide bonds. The number of imide groups is 1. The van der Waals surface area contributed by atoms with Gasteiger partial charge in [0.25, 0.3) is 5.91 Å². The van der Waals surface area contributed by atoms with E-state index in [1.165, 1.54) is 0 Å². The molecule has 1 aliphatic rings. The average Bonchev–Trinajstić information content (AvgIpc) is 3.43. The van der Waals surface area contributed by atoms with Gasteiger partial charge < -0.3 is 19.9 Å². The SMILES string of the molecule is COc1ccc([C@]2(C)NC(=O)N(CC(=O)N[C@H](C)c3ccc(-n4ccnc4)cc3)C2=O)cc1. The highest BCUT2D eigenvalue weighted by Gasteiger charge is 2.49. The number of hydrogen-bond donors (Lipinski definition) is 2. The fraction of sp³-hybridized carbons (Fsp3) is 0.250. The maximum Gasteiger partial charge on any atom is 0.325 e. The molecule has 33 heavy (non-hydrogen) atoms. The van der Waals surface area contributed by atoms with Gasteiger partial charge >= 0.3 is 6.03 Å². The number of methoxy groups -OCH3 is 1. The molecular weight excluding hydrogens is 422 g/mol. The molecule has 0 unspecified atom stereocenters. The van der Waals surface area contributed by atoms with Crippen molar-refractivity contribution in [3.05, 3.63) is 78.4 Å². The molecule has 2 atom stereocenters. The molecule has 9 heteroatoms. The lowest BCUT2D eigenvalue weighted by Gasteiger charge is -2.22. The van der Waals surface area contributed by atoms with Crippen LogP contribution >= 0.6 is 0 Å². The molecule has 170 valence electrons. The zero-order chi connectivity index (χ0) is 23.6. The molecule has 2 aromatic carbocycles. The maximum atomic E-state index is 13.1. The minimum atomic E-state index is -1.25. The molecule has 0 aliphatic carbocycles. The van der Waals surface area contributed by atoms with Gasteiger partial charge in [0, 0.05) is 18.1 Å². The molecule has 1 saturated heterocycles. The Morgan fingerprint density at radius 3 is 2.45 bits per heavy atom. The number of ether oxygens (including phenoxy) is 1. The van der Waals surface area contributed by atoms with E-state index >= 15 is 0 Å². The number of nitrogens with one attached hydrogen (secondary N) is 2. The molecule has 1 fully saturated rings. The van der Waals surface area contributed by atoms with E-state index in [0.717, 1.165) is 16.2 Å². The van der Waals surface area contributed by atoms with Gasteiger partial charge in [-0.05, 0) is 49.2 Å². The monoisotopic (exact) mass is 447 g/mol. The summed E-state index contributed by atoms with van der Waals surface area (Å²) >= 11 is 0. The van der Waals surface area contributed by atoms with Crippen molar-refractivity contribution in [2.45, 2.75) is 25.4 Å². The number of nitrogens with zero attached hydrogens (tertiary/aromatic N) is 3. The molecule has 1 aliphatic heterocycles. The number of aromatic nitrogens is 2. The van der Waals surface area contributed by atoms with Gasteiger partial charge in [0.05, 0.1) is 19.5 Å². The summed E-state index contributed by atoms with van der Waals surface area (Å²) in [5, 5.41) is 5.56. The fourth-order valence-corrected chi connectivity index (χ4v) is 3.82. The highest BCUT2D eigenvalue weighted by Crippen LogP contribution is 2.30. The highest BCUT2D eigenvalue weighted by atomic mass is 16.5. The summed E-state index contributed by atoms with van der Waals surface area (Å²) in [6.07, 6.45) is 5.25. The molecule has 0 bridgehead atoms. The number of carbonyl (C=O) groups excluding carboxylic acids is 3. The van der Waals surface area contributed by atoms with Crippen molar-refractivity contribution in [3.63, 3.8) is 0 Å². The zero-order valence-electron chi connectivity index (χ0n) is 18.6. The summed E-state index contributed by atoms with van der Waals surface area (Å²) in [6, 6.07) is 13.6. The zero-order valence-corrected chi connectivity index (χ0v) is 18.6. The number of carbonyl (C=O) groups is 3. The molecule has 3 aromatic rings. The Kier molecular flexibility index (Phi) is 5.87. The molecule has 9 nitrogen and oxygen atoms in total. The summed E-state index contributed by atoms with van der Waals surface area (Å²) in [7, 11) is 1.55. The van der Waals surface area contributed by atoms with Crippen molar-refractivity contribution in [1.82, 2.24) is 25.1 Å². The quantitative estimate of drug-likeness (QED) is 0.542. The van der Waals surface area contributed by atoms with Crippen LogP contribution in [0.25, 0.3) is 5.69 Å². The van der Waals surface area contributed by atoms with Crippen LogP contribution in [0.1, 0.15) is 31.0 Å². The number of imidazole rings is 1. The summed E-state index contributed by atoms with van der Waals surface area (Å²) < 4.78 is 7.02. The summed E-state index contributed by atoms with van der Waals surface area (Å²) in [5.74, 6) is -0.267. The van der Waals surface area contributed by atoms with Crippen molar-refractivity contribution in [2.75, 3.05) is 13.7 Å². The maximum absolute atomic E-state index is 13.1. The fourth-order valence-electron chi connectivity index (χ4n) is 3.82. The molecule has 2 heterocycles. The van der Waals surface area contributed by atoms with Gasteiger partial charge in [-0.2, -0.15) is 0 Å². The first-order valence-electron chi connectivity index (χ1n) is 10.5. The van der Waals surface area contributed by atoms with Crippen LogP contribution in [-0.4, -0.2) is 46.0 Å². The lowest BCUT2D eigenvalue weighted by Crippen LogP contribution is -2.43. The lowest BCUT2D eigenvalue weighted by atomic mass is 9.92. The van der Waals surface area contributed by atoms with E-state index in [2.05, 4.69) is 15.6 Å². The summed E-state index contributed by atoms with van der Waals surface area (Å²) in [6.45, 7) is 3.10. The van der Waals surface area contributed by atoms with E-state index in [0.29, 0.717) is 11.3 Å². The molecule has 1 aromatic heterocycles. The Bertz CT molecular complexity index is 1160. The van der Waals surface area contributed by atoms with Gasteiger partial charge in [-0.1, -0.05) is 24.3 Å². The Morgan fingerprint density at radius 1 is 1.15 bits per heavy atom. The third-order valence-corrected chi connectivity index (χ3v) is 5.82. The molecule has 0 radical (unpaired) electrons. The highest BCUT2D eigenvalue weighted by molar-refractivity contribution is 6.09. The minimum Gasteiger partial charge on any atom is -0.497 e. The second-order valence-electron chi connectivity index (χ2n) is 8.03. The van der Waals surface area contributed by atoms with Crippen LogP contribution in [-0.2, 0) is 15.1 Å². The number of benzene rings is 2. The van der Waals surface area contributed by atoms with E-state index in [1.54, 1.807) is 50.8 Å². The third-order valence-electron chi connectivity index (χ3n) is 5.82. The van der Waals surface area contributed by atoms with Gasteiger partial charge in [-0.25, -0.2) is 9.78 Å². The predicted molar refractivity (Wildman–Crippen MR) is 121 cm³/mol. The number of hydrogen-bond acceptors (Lipinski definition) is 5. The van der Waals surface area contributed by atoms with Gasteiger partial charge in [-0.3, -0.25) is 14.5 Å². The minimum absolute atomic E-state index is 0.303. The van der Waals surface area contributed by atoms with Crippen LogP contribution in [0, 0.1) is 0 Å². The predicted octanol–water partition coefficient (Wildman–Crippen LogP) is 2.53. The van der Waals surface area contributed by atoms with E-state index in [1.807, 2.05) is 42.0 Å². The van der Waals surface area contributed by atoms with Crippen LogP contribution in [0.3, 0.4) is 0 Å². The van der Waals surface area contributed by atoms with Gasteiger partial charge in [-0.15, -0.1) is 0 Å². The third kappa shape index (κ3) is 4.30. The van der Waals surface area contributed by atoms with E-state index in [4.69, 9.17) is 4.74 Å². The van der Waals surface area contributed by atoms with Crippen LogP contribution < -0.4 is 15.4 Å². The molecular formula is C24H25N5O4. The average molecular weight is 447 g/mol. The summed E-state index contributed by atoms with van der Waals surface area (Å²) in [5.41, 5.74) is 1.20. The van der Waals surface area contributed by atoms with Crippen molar-refractivity contribution in [3.8, 4) is 11.4 Å². The number of amides is 4. The molecule has 0 saturated carbocycles. The first kappa shape index (κ1) is 22.1. The Hall–Kier alpha value is -4.14. The smallest absolute Gasteiger partial charge is 0.325 e. The van der Waals surface area contributed by atoms with Crippen molar-refractivity contribution in [1.29, 1.82) is 0 Å². The van der Waals surface area contributed by atoms with E-state index in [-0.39, 0.29) is 12.6 Å². The van der Waals surface area contributed by atoms with Crippen molar-refractivity contribution in [2.24, 2.45) is 0 Å². The van der Waals surface area contributed by atoms with Crippen molar-refractivity contribution < 1.29 is 19.1 Å². The normalized spacial score (nSPS) is 18.7. The van der Waals surface area contributed by atoms with Gasteiger partial charge in [0.1, 0.15) is 17.8 Å². The Balaban J connectivity index is 1.40. The van der Waals surface area contributed by atoms with Crippen LogP contribution in [0.5, 0.6) is 5.75 Å². The largest absolute Gasteiger partial charge is 0.497 e. The molecule has 2 N–H and O–H groups in total. The summed E-state index contributed by atoms with van der Waals surface area (Å²) in [4.78, 5) is 43.2. The van der Waals surface area contributed by atoms with Crippen LogP contribution in [0.2, 0.25) is 0 Å². The number of rotatable bonds is 7. The topological polar surface area (TPSA) is 106 Å². The lowest BCUT2D eigenvalue weighted by molar-refractivity contribution is -0.135. The van der Waals surface area contributed by atoms with Crippen LogP contribution in [0.15, 0.2) is 67.3 Å².